The molecule has 11 heteroatoms. The summed E-state index contributed by atoms with van der Waals surface area (Å²) in [6, 6.07) is 1.90. The van der Waals surface area contributed by atoms with Crippen molar-refractivity contribution in [3.05, 3.63) is 23.2 Å². The van der Waals surface area contributed by atoms with Crippen LogP contribution in [0.15, 0.2) is 23.2 Å². The zero-order valence-electron chi connectivity index (χ0n) is 15.2. The quantitative estimate of drug-likeness (QED) is 0.479. The van der Waals surface area contributed by atoms with Crippen LogP contribution in [-0.2, 0) is 9.53 Å². The van der Waals surface area contributed by atoms with Crippen molar-refractivity contribution in [3.63, 3.8) is 0 Å². The number of likely N-dealkylation sites (N-methyl/N-ethyl adjacent to an activating group) is 1. The van der Waals surface area contributed by atoms with Gasteiger partial charge < -0.3 is 25.6 Å². The van der Waals surface area contributed by atoms with Gasteiger partial charge >= 0.3 is 0 Å². The number of carbonyl (C=O) groups is 1. The van der Waals surface area contributed by atoms with Gasteiger partial charge in [-0.25, -0.2) is 15.0 Å². The highest BCUT2D eigenvalue weighted by molar-refractivity contribution is 7.08. The number of nitrogens with zero attached hydrogens (tertiary/aromatic N) is 4. The van der Waals surface area contributed by atoms with Crippen molar-refractivity contribution in [1.29, 1.82) is 0 Å². The van der Waals surface area contributed by atoms with Crippen LogP contribution in [0, 0.1) is 0 Å². The van der Waals surface area contributed by atoms with Gasteiger partial charge in [0.1, 0.15) is 12.2 Å². The first-order chi connectivity index (χ1) is 13.5. The average Bonchev–Trinajstić information content (AvgIpc) is 3.42. The highest BCUT2D eigenvalue weighted by atomic mass is 32.1. The Bertz CT molecular complexity index is 991. The van der Waals surface area contributed by atoms with Crippen molar-refractivity contribution >= 4 is 34.2 Å². The van der Waals surface area contributed by atoms with Crippen LogP contribution in [0.1, 0.15) is 13.2 Å². The molecule has 3 aromatic heterocycles. The number of fused-ring (bicyclic) bond motifs is 1. The molecule has 1 saturated heterocycles. The maximum Gasteiger partial charge on any atom is 0.252 e. The van der Waals surface area contributed by atoms with Gasteiger partial charge in [0, 0.05) is 24.5 Å². The number of carbonyl (C=O) groups excluding carboxylic acids is 1. The predicted molar refractivity (Wildman–Crippen MR) is 103 cm³/mol. The second kappa shape index (κ2) is 7.43. The number of imidazole rings is 1. The Morgan fingerprint density at radius 1 is 1.36 bits per heavy atom. The number of aliphatic hydroxyl groups is 2. The zero-order valence-corrected chi connectivity index (χ0v) is 16.1. The molecule has 3 aromatic rings. The Kier molecular flexibility index (Phi) is 4.98. The number of thiophene rings is 1. The molecular formula is C17H20N6O4S. The number of nitrogens with one attached hydrogen (secondary N) is 2. The Labute approximate surface area is 164 Å². The number of aliphatic hydroxyl groups excluding tert-OH is 2. The van der Waals surface area contributed by atoms with E-state index in [9.17, 15) is 15.0 Å². The van der Waals surface area contributed by atoms with E-state index in [2.05, 4.69) is 25.6 Å². The summed E-state index contributed by atoms with van der Waals surface area (Å²) in [5.41, 5.74) is 1.77. The topological polar surface area (TPSA) is 134 Å². The molecule has 0 aliphatic carbocycles. The molecule has 4 rings (SSSR count). The van der Waals surface area contributed by atoms with Gasteiger partial charge in [0.2, 0.25) is 0 Å². The summed E-state index contributed by atoms with van der Waals surface area (Å²) in [5.74, 6) is 0.539. The zero-order chi connectivity index (χ0) is 19.8. The Hall–Kier alpha value is -2.60. The maximum atomic E-state index is 12.1. The minimum atomic E-state index is -1.36. The summed E-state index contributed by atoms with van der Waals surface area (Å²) in [5, 5.41) is 30.2. The van der Waals surface area contributed by atoms with Crippen LogP contribution in [0.25, 0.3) is 22.6 Å². The first kappa shape index (κ1) is 18.7. The molecule has 0 spiro atoms. The van der Waals surface area contributed by atoms with Gasteiger partial charge in [0.15, 0.2) is 35.1 Å². The fourth-order valence-electron chi connectivity index (χ4n) is 3.18. The number of rotatable bonds is 5. The second-order valence-electron chi connectivity index (χ2n) is 6.30. The van der Waals surface area contributed by atoms with Gasteiger partial charge in [-0.2, -0.15) is 11.3 Å². The van der Waals surface area contributed by atoms with E-state index in [1.807, 2.05) is 16.8 Å². The third kappa shape index (κ3) is 3.02. The minimum absolute atomic E-state index is 0.392. The number of hydrogen-bond acceptors (Lipinski definition) is 9. The Morgan fingerprint density at radius 3 is 2.86 bits per heavy atom. The standard InChI is InChI=1S/C17H20N6O4S/c1-3-19-16(26)12-10(24)11(25)17(27-12)23-7-20-9-14(18-2)21-13(22-15(9)23)8-4-5-28-6-8/h4-7,10-12,17,24-25H,3H2,1-2H3,(H,19,26)(H,18,21,22)/t10?,11?,12-,17?/m1/s1. The fourth-order valence-corrected chi connectivity index (χ4v) is 3.81. The molecule has 0 bridgehead atoms. The molecule has 1 fully saturated rings. The first-order valence-corrected chi connectivity index (χ1v) is 9.73. The van der Waals surface area contributed by atoms with E-state index >= 15 is 0 Å². The number of aromatic nitrogens is 4. The fraction of sp³-hybridized carbons (Fsp3) is 0.412. The Morgan fingerprint density at radius 2 is 2.18 bits per heavy atom. The van der Waals surface area contributed by atoms with Crippen LogP contribution < -0.4 is 10.6 Å². The first-order valence-electron chi connectivity index (χ1n) is 8.79. The summed E-state index contributed by atoms with van der Waals surface area (Å²) in [6.07, 6.45) is -3.42. The van der Waals surface area contributed by atoms with Crippen molar-refractivity contribution < 1.29 is 19.7 Å². The van der Waals surface area contributed by atoms with E-state index in [-0.39, 0.29) is 0 Å². The van der Waals surface area contributed by atoms with Gasteiger partial charge in [0.05, 0.1) is 6.33 Å². The molecule has 4 atom stereocenters. The van der Waals surface area contributed by atoms with Crippen molar-refractivity contribution in [2.45, 2.75) is 31.5 Å². The van der Waals surface area contributed by atoms with Crippen molar-refractivity contribution in [2.75, 3.05) is 18.9 Å². The molecule has 28 heavy (non-hydrogen) atoms. The van der Waals surface area contributed by atoms with Gasteiger partial charge in [-0.1, -0.05) is 0 Å². The maximum absolute atomic E-state index is 12.1. The lowest BCUT2D eigenvalue weighted by molar-refractivity contribution is -0.137. The largest absolute Gasteiger partial charge is 0.387 e. The van der Waals surface area contributed by atoms with Gasteiger partial charge in [-0.15, -0.1) is 0 Å². The van der Waals surface area contributed by atoms with E-state index in [4.69, 9.17) is 4.74 Å². The van der Waals surface area contributed by atoms with Crippen LogP contribution in [0.5, 0.6) is 0 Å². The molecule has 1 aliphatic rings. The summed E-state index contributed by atoms with van der Waals surface area (Å²) in [7, 11) is 1.73. The Balaban J connectivity index is 1.77. The molecule has 0 radical (unpaired) electrons. The molecule has 4 N–H and O–H groups in total. The smallest absolute Gasteiger partial charge is 0.252 e. The third-order valence-electron chi connectivity index (χ3n) is 4.56. The van der Waals surface area contributed by atoms with E-state index < -0.39 is 30.4 Å². The molecular weight excluding hydrogens is 384 g/mol. The average molecular weight is 404 g/mol. The number of amides is 1. The van der Waals surface area contributed by atoms with E-state index in [0.717, 1.165) is 5.56 Å². The minimum Gasteiger partial charge on any atom is -0.387 e. The van der Waals surface area contributed by atoms with Crippen molar-refractivity contribution in [1.82, 2.24) is 24.8 Å². The lowest BCUT2D eigenvalue weighted by Gasteiger charge is -2.16. The van der Waals surface area contributed by atoms with Crippen LogP contribution in [0.2, 0.25) is 0 Å². The molecule has 148 valence electrons. The van der Waals surface area contributed by atoms with Crippen LogP contribution in [0.4, 0.5) is 5.82 Å². The van der Waals surface area contributed by atoms with Crippen LogP contribution in [0.3, 0.4) is 0 Å². The molecule has 3 unspecified atom stereocenters. The lowest BCUT2D eigenvalue weighted by Crippen LogP contribution is -2.42. The van der Waals surface area contributed by atoms with Crippen molar-refractivity contribution in [3.8, 4) is 11.4 Å². The van der Waals surface area contributed by atoms with E-state index in [0.29, 0.717) is 29.4 Å². The predicted octanol–water partition coefficient (Wildman–Crippen LogP) is 0.352. The highest BCUT2D eigenvalue weighted by Crippen LogP contribution is 2.33. The number of ether oxygens (including phenoxy) is 1. The van der Waals surface area contributed by atoms with Gasteiger partial charge in [-0.3, -0.25) is 9.36 Å². The molecule has 0 saturated carbocycles. The SMILES string of the molecule is CCNC(=O)[C@@H]1OC(n2cnc3c(NC)nc(-c4ccsc4)nc32)C(O)C1O. The normalized spacial score (nSPS) is 24.6. The third-order valence-corrected chi connectivity index (χ3v) is 5.24. The lowest BCUT2D eigenvalue weighted by atomic mass is 10.1. The van der Waals surface area contributed by atoms with E-state index in [1.54, 1.807) is 14.0 Å². The molecule has 4 heterocycles. The van der Waals surface area contributed by atoms with Crippen molar-refractivity contribution in [2.24, 2.45) is 0 Å². The summed E-state index contributed by atoms with van der Waals surface area (Å²) in [6.45, 7) is 2.15. The number of anilines is 1. The monoisotopic (exact) mass is 404 g/mol. The van der Waals surface area contributed by atoms with E-state index in [1.165, 1.54) is 22.2 Å². The molecule has 10 nitrogen and oxygen atoms in total. The molecule has 1 aliphatic heterocycles. The summed E-state index contributed by atoms with van der Waals surface area (Å²) >= 11 is 1.53. The van der Waals surface area contributed by atoms with Crippen LogP contribution in [-0.4, -0.2) is 67.5 Å². The summed E-state index contributed by atoms with van der Waals surface area (Å²) < 4.78 is 7.20. The highest BCUT2D eigenvalue weighted by Gasteiger charge is 2.47. The van der Waals surface area contributed by atoms with Gasteiger partial charge in [-0.05, 0) is 18.4 Å². The second-order valence-corrected chi connectivity index (χ2v) is 7.08. The number of hydrogen-bond donors (Lipinski definition) is 4. The molecule has 1 amide bonds. The summed E-state index contributed by atoms with van der Waals surface area (Å²) in [4.78, 5) is 25.5. The van der Waals surface area contributed by atoms with Crippen LogP contribution >= 0.6 is 11.3 Å². The molecule has 0 aromatic carbocycles. The van der Waals surface area contributed by atoms with Gasteiger partial charge in [0.25, 0.3) is 5.91 Å².